The first-order valence-corrected chi connectivity index (χ1v) is 6.53. The van der Waals surface area contributed by atoms with Gasteiger partial charge in [0.15, 0.2) is 0 Å². The third kappa shape index (κ3) is 4.21. The predicted octanol–water partition coefficient (Wildman–Crippen LogP) is 1.92. The van der Waals surface area contributed by atoms with Crippen molar-refractivity contribution in [2.45, 2.75) is 53.0 Å². The lowest BCUT2D eigenvalue weighted by atomic mass is 10.2. The summed E-state index contributed by atoms with van der Waals surface area (Å²) in [6.07, 6.45) is 3.96. The fourth-order valence-corrected chi connectivity index (χ4v) is 1.71. The molecule has 96 valence electrons. The molecule has 0 aliphatic carbocycles. The van der Waals surface area contributed by atoms with Crippen LogP contribution in [0, 0.1) is 0 Å². The molecule has 1 aromatic rings. The molecule has 0 atom stereocenters. The van der Waals surface area contributed by atoms with E-state index in [1.807, 2.05) is 4.68 Å². The van der Waals surface area contributed by atoms with Gasteiger partial charge in [-0.15, -0.1) is 0 Å². The molecule has 1 rings (SSSR count). The van der Waals surface area contributed by atoms with Gasteiger partial charge in [-0.3, -0.25) is 9.48 Å². The van der Waals surface area contributed by atoms with E-state index in [4.69, 9.17) is 0 Å². The van der Waals surface area contributed by atoms with Gasteiger partial charge in [-0.25, -0.2) is 0 Å². The van der Waals surface area contributed by atoms with Gasteiger partial charge in [0.2, 0.25) is 5.91 Å². The number of amides is 1. The van der Waals surface area contributed by atoms with Gasteiger partial charge in [0.25, 0.3) is 0 Å². The summed E-state index contributed by atoms with van der Waals surface area (Å²) in [5, 5.41) is 7.33. The summed E-state index contributed by atoms with van der Waals surface area (Å²) in [4.78, 5) is 11.7. The Labute approximate surface area is 103 Å². The Hall–Kier alpha value is -1.32. The van der Waals surface area contributed by atoms with Crippen LogP contribution in [0.2, 0.25) is 0 Å². The maximum atomic E-state index is 11.7. The Kier molecular flexibility index (Phi) is 5.73. The SMILES string of the molecule is CCCCNC(=O)Cn1nc(CC)cc1CC. The van der Waals surface area contributed by atoms with Crippen LogP contribution < -0.4 is 5.32 Å². The van der Waals surface area contributed by atoms with Crippen molar-refractivity contribution in [3.63, 3.8) is 0 Å². The minimum absolute atomic E-state index is 0.0545. The van der Waals surface area contributed by atoms with E-state index in [-0.39, 0.29) is 5.91 Å². The average molecular weight is 237 g/mol. The molecule has 1 N–H and O–H groups in total. The molecular weight excluding hydrogens is 214 g/mol. The number of nitrogens with one attached hydrogen (secondary N) is 1. The Morgan fingerprint density at radius 2 is 2.12 bits per heavy atom. The number of rotatable bonds is 7. The topological polar surface area (TPSA) is 46.9 Å². The van der Waals surface area contributed by atoms with Crippen LogP contribution in [0.1, 0.15) is 45.0 Å². The van der Waals surface area contributed by atoms with Crippen LogP contribution >= 0.6 is 0 Å². The van der Waals surface area contributed by atoms with E-state index >= 15 is 0 Å². The zero-order chi connectivity index (χ0) is 12.7. The summed E-state index contributed by atoms with van der Waals surface area (Å²) < 4.78 is 1.82. The summed E-state index contributed by atoms with van der Waals surface area (Å²) in [6, 6.07) is 2.08. The third-order valence-corrected chi connectivity index (χ3v) is 2.78. The molecule has 1 amide bonds. The summed E-state index contributed by atoms with van der Waals surface area (Å²) in [6.45, 7) is 7.38. The Morgan fingerprint density at radius 3 is 2.71 bits per heavy atom. The van der Waals surface area contributed by atoms with E-state index in [0.717, 1.165) is 43.6 Å². The molecular formula is C13H23N3O. The highest BCUT2D eigenvalue weighted by molar-refractivity contribution is 5.75. The van der Waals surface area contributed by atoms with Gasteiger partial charge >= 0.3 is 0 Å². The first-order valence-electron chi connectivity index (χ1n) is 6.53. The van der Waals surface area contributed by atoms with Crippen molar-refractivity contribution in [3.05, 3.63) is 17.5 Å². The number of unbranched alkanes of at least 4 members (excludes halogenated alkanes) is 1. The minimum atomic E-state index is 0.0545. The van der Waals surface area contributed by atoms with Crippen LogP contribution in [0.5, 0.6) is 0 Å². The van der Waals surface area contributed by atoms with Crippen molar-refractivity contribution < 1.29 is 4.79 Å². The number of aromatic nitrogens is 2. The largest absolute Gasteiger partial charge is 0.354 e. The van der Waals surface area contributed by atoms with Gasteiger partial charge in [-0.05, 0) is 25.3 Å². The molecule has 4 nitrogen and oxygen atoms in total. The van der Waals surface area contributed by atoms with Crippen molar-refractivity contribution in [2.24, 2.45) is 0 Å². The molecule has 0 saturated carbocycles. The molecule has 0 fully saturated rings. The number of carbonyl (C=O) groups is 1. The van der Waals surface area contributed by atoms with Gasteiger partial charge < -0.3 is 5.32 Å². The highest BCUT2D eigenvalue weighted by atomic mass is 16.2. The Morgan fingerprint density at radius 1 is 1.35 bits per heavy atom. The fourth-order valence-electron chi connectivity index (χ4n) is 1.71. The molecule has 17 heavy (non-hydrogen) atoms. The van der Waals surface area contributed by atoms with E-state index < -0.39 is 0 Å². The second-order valence-electron chi connectivity index (χ2n) is 4.20. The third-order valence-electron chi connectivity index (χ3n) is 2.78. The summed E-state index contributed by atoms with van der Waals surface area (Å²) in [5.41, 5.74) is 2.19. The van der Waals surface area contributed by atoms with Gasteiger partial charge in [0.05, 0.1) is 5.69 Å². The monoisotopic (exact) mass is 237 g/mol. The second kappa shape index (κ2) is 7.09. The number of aryl methyl sites for hydroxylation is 2. The van der Waals surface area contributed by atoms with Gasteiger partial charge in [-0.2, -0.15) is 5.10 Å². The van der Waals surface area contributed by atoms with E-state index in [2.05, 4.69) is 37.3 Å². The highest BCUT2D eigenvalue weighted by Crippen LogP contribution is 2.06. The average Bonchev–Trinajstić information content (AvgIpc) is 2.71. The van der Waals surface area contributed by atoms with Gasteiger partial charge in [-0.1, -0.05) is 27.2 Å². The molecule has 0 bridgehead atoms. The lowest BCUT2D eigenvalue weighted by molar-refractivity contribution is -0.121. The number of hydrogen-bond donors (Lipinski definition) is 1. The number of carbonyl (C=O) groups excluding carboxylic acids is 1. The van der Waals surface area contributed by atoms with Crippen molar-refractivity contribution in [1.82, 2.24) is 15.1 Å². The zero-order valence-electron chi connectivity index (χ0n) is 11.1. The van der Waals surface area contributed by atoms with Crippen LogP contribution in [0.3, 0.4) is 0 Å². The maximum absolute atomic E-state index is 11.7. The molecule has 0 aliphatic heterocycles. The van der Waals surface area contributed by atoms with E-state index in [0.29, 0.717) is 6.54 Å². The predicted molar refractivity (Wildman–Crippen MR) is 68.9 cm³/mol. The first kappa shape index (κ1) is 13.7. The Bertz CT molecular complexity index is 358. The van der Waals surface area contributed by atoms with Gasteiger partial charge in [0.1, 0.15) is 6.54 Å². The first-order chi connectivity index (χ1) is 8.21. The lowest BCUT2D eigenvalue weighted by Gasteiger charge is -2.06. The summed E-state index contributed by atoms with van der Waals surface area (Å²) in [5.74, 6) is 0.0545. The molecule has 0 radical (unpaired) electrons. The summed E-state index contributed by atoms with van der Waals surface area (Å²) in [7, 11) is 0. The number of hydrogen-bond acceptors (Lipinski definition) is 2. The second-order valence-corrected chi connectivity index (χ2v) is 4.20. The van der Waals surface area contributed by atoms with E-state index in [1.165, 1.54) is 0 Å². The zero-order valence-corrected chi connectivity index (χ0v) is 11.1. The van der Waals surface area contributed by atoms with Crippen molar-refractivity contribution in [1.29, 1.82) is 0 Å². The molecule has 0 spiro atoms. The summed E-state index contributed by atoms with van der Waals surface area (Å²) >= 11 is 0. The van der Waals surface area contributed by atoms with Gasteiger partial charge in [0, 0.05) is 12.2 Å². The van der Waals surface area contributed by atoms with Crippen LogP contribution in [0.15, 0.2) is 6.07 Å². The quantitative estimate of drug-likeness (QED) is 0.736. The van der Waals surface area contributed by atoms with Crippen LogP contribution in [-0.2, 0) is 24.2 Å². The highest BCUT2D eigenvalue weighted by Gasteiger charge is 2.08. The van der Waals surface area contributed by atoms with Crippen molar-refractivity contribution in [3.8, 4) is 0 Å². The van der Waals surface area contributed by atoms with Crippen LogP contribution in [0.4, 0.5) is 0 Å². The smallest absolute Gasteiger partial charge is 0.241 e. The normalized spacial score (nSPS) is 10.5. The maximum Gasteiger partial charge on any atom is 0.241 e. The molecule has 4 heteroatoms. The van der Waals surface area contributed by atoms with Crippen molar-refractivity contribution in [2.75, 3.05) is 6.54 Å². The van der Waals surface area contributed by atoms with Crippen LogP contribution in [0.25, 0.3) is 0 Å². The molecule has 0 aromatic carbocycles. The molecule has 1 aromatic heterocycles. The fraction of sp³-hybridized carbons (Fsp3) is 0.692. The Balaban J connectivity index is 2.54. The lowest BCUT2D eigenvalue weighted by Crippen LogP contribution is -2.29. The molecule has 0 saturated heterocycles. The van der Waals surface area contributed by atoms with Crippen molar-refractivity contribution >= 4 is 5.91 Å². The molecule has 0 aliphatic rings. The van der Waals surface area contributed by atoms with E-state index in [1.54, 1.807) is 0 Å². The number of nitrogens with zero attached hydrogens (tertiary/aromatic N) is 2. The van der Waals surface area contributed by atoms with Crippen LogP contribution in [-0.4, -0.2) is 22.2 Å². The minimum Gasteiger partial charge on any atom is -0.354 e. The molecule has 0 unspecified atom stereocenters. The molecule has 1 heterocycles. The standard InChI is InChI=1S/C13H23N3O/c1-4-7-8-14-13(17)10-16-12(6-3)9-11(5-2)15-16/h9H,4-8,10H2,1-3H3,(H,14,17). The van der Waals surface area contributed by atoms with E-state index in [9.17, 15) is 4.79 Å².